The molecule has 0 saturated carbocycles. The van der Waals surface area contributed by atoms with Crippen molar-refractivity contribution in [1.82, 2.24) is 19.9 Å². The number of anilines is 1. The Morgan fingerprint density at radius 3 is 2.63 bits per heavy atom. The molecule has 1 N–H and O–H groups in total. The summed E-state index contributed by atoms with van der Waals surface area (Å²) in [5, 5.41) is 7.37. The molecule has 0 aliphatic carbocycles. The summed E-state index contributed by atoms with van der Waals surface area (Å²) in [5.41, 5.74) is 2.88. The van der Waals surface area contributed by atoms with E-state index in [4.69, 9.17) is 0 Å². The van der Waals surface area contributed by atoms with E-state index in [9.17, 15) is 9.18 Å². The smallest absolute Gasteiger partial charge is 0.272 e. The van der Waals surface area contributed by atoms with Crippen LogP contribution in [0.5, 0.6) is 0 Å². The largest absolute Gasteiger partial charge is 0.355 e. The number of carbonyl (C=O) groups is 1. The maximum Gasteiger partial charge on any atom is 0.272 e. The fraction of sp³-hybridized carbons (Fsp3) is 0.350. The maximum atomic E-state index is 13.1. The lowest BCUT2D eigenvalue weighted by atomic mass is 10.1. The van der Waals surface area contributed by atoms with Gasteiger partial charge in [-0.2, -0.15) is 5.10 Å². The monoisotopic (exact) mass is 367 g/mol. The van der Waals surface area contributed by atoms with E-state index in [-0.39, 0.29) is 17.8 Å². The van der Waals surface area contributed by atoms with Crippen LogP contribution in [0, 0.1) is 12.7 Å². The third-order valence-electron chi connectivity index (χ3n) is 4.91. The van der Waals surface area contributed by atoms with Gasteiger partial charge in [-0.15, -0.1) is 0 Å². The van der Waals surface area contributed by atoms with Crippen molar-refractivity contribution in [2.45, 2.75) is 32.7 Å². The number of nitrogens with zero attached hydrogens (tertiary/aromatic N) is 4. The van der Waals surface area contributed by atoms with E-state index in [0.717, 1.165) is 48.5 Å². The van der Waals surface area contributed by atoms with Crippen LogP contribution < -0.4 is 10.2 Å². The minimum Gasteiger partial charge on any atom is -0.355 e. The number of amides is 1. The molecule has 140 valence electrons. The van der Waals surface area contributed by atoms with Crippen LogP contribution in [-0.4, -0.2) is 33.6 Å². The molecule has 7 heteroatoms. The Morgan fingerprint density at radius 2 is 1.93 bits per heavy atom. The van der Waals surface area contributed by atoms with E-state index < -0.39 is 0 Å². The van der Waals surface area contributed by atoms with Gasteiger partial charge in [0.05, 0.1) is 17.9 Å². The molecule has 1 aliphatic rings. The molecule has 3 aromatic rings. The fourth-order valence-electron chi connectivity index (χ4n) is 3.47. The van der Waals surface area contributed by atoms with Crippen molar-refractivity contribution in [3.63, 3.8) is 0 Å². The second kappa shape index (κ2) is 6.98. The Labute approximate surface area is 157 Å². The van der Waals surface area contributed by atoms with Gasteiger partial charge in [0.25, 0.3) is 5.91 Å². The highest BCUT2D eigenvalue weighted by molar-refractivity contribution is 5.94. The Balaban J connectivity index is 1.60. The van der Waals surface area contributed by atoms with Crippen molar-refractivity contribution in [3.05, 3.63) is 59.3 Å². The molecule has 0 spiro atoms. The van der Waals surface area contributed by atoms with Crippen LogP contribution in [0.15, 0.2) is 36.5 Å². The molecule has 1 atom stereocenters. The lowest BCUT2D eigenvalue weighted by molar-refractivity contribution is 0.0934. The Kier molecular flexibility index (Phi) is 4.51. The third kappa shape index (κ3) is 3.49. The fourth-order valence-corrected chi connectivity index (χ4v) is 3.47. The zero-order valence-electron chi connectivity index (χ0n) is 15.4. The van der Waals surface area contributed by atoms with E-state index in [2.05, 4.69) is 20.3 Å². The molecule has 1 unspecified atom stereocenters. The summed E-state index contributed by atoms with van der Waals surface area (Å²) in [6.07, 6.45) is 4.13. The number of hydrogen-bond donors (Lipinski definition) is 1. The second-order valence-electron chi connectivity index (χ2n) is 7.01. The van der Waals surface area contributed by atoms with Gasteiger partial charge in [-0.25, -0.2) is 13.9 Å². The van der Waals surface area contributed by atoms with Crippen molar-refractivity contribution in [3.8, 4) is 0 Å². The van der Waals surface area contributed by atoms with Gasteiger partial charge >= 0.3 is 0 Å². The zero-order chi connectivity index (χ0) is 19.0. The number of nitrogens with one attached hydrogen (secondary N) is 1. The lowest BCUT2D eigenvalue weighted by Crippen LogP contribution is -2.27. The quantitative estimate of drug-likeness (QED) is 0.769. The molecule has 3 heterocycles. The van der Waals surface area contributed by atoms with Crippen molar-refractivity contribution in [1.29, 1.82) is 0 Å². The average Bonchev–Trinajstić information content (AvgIpc) is 3.31. The number of halogens is 1. The number of aryl methyl sites for hydroxylation is 1. The third-order valence-corrected chi connectivity index (χ3v) is 4.91. The van der Waals surface area contributed by atoms with Crippen LogP contribution in [0.25, 0.3) is 5.52 Å². The van der Waals surface area contributed by atoms with Gasteiger partial charge in [0.1, 0.15) is 11.3 Å². The van der Waals surface area contributed by atoms with Crippen LogP contribution in [0.1, 0.15) is 47.6 Å². The van der Waals surface area contributed by atoms with Gasteiger partial charge in [-0.05, 0) is 44.4 Å². The van der Waals surface area contributed by atoms with Crippen molar-refractivity contribution in [2.75, 3.05) is 18.0 Å². The van der Waals surface area contributed by atoms with Crippen LogP contribution in [-0.2, 0) is 0 Å². The van der Waals surface area contributed by atoms with Gasteiger partial charge in [0.15, 0.2) is 11.5 Å². The van der Waals surface area contributed by atoms with E-state index in [0.29, 0.717) is 5.69 Å². The van der Waals surface area contributed by atoms with Gasteiger partial charge in [0.2, 0.25) is 0 Å². The van der Waals surface area contributed by atoms with Crippen molar-refractivity contribution < 1.29 is 9.18 Å². The number of rotatable bonds is 4. The van der Waals surface area contributed by atoms with E-state index in [1.165, 1.54) is 12.1 Å². The highest BCUT2D eigenvalue weighted by Crippen LogP contribution is 2.25. The first-order valence-corrected chi connectivity index (χ1v) is 9.19. The van der Waals surface area contributed by atoms with Gasteiger partial charge in [-0.1, -0.05) is 12.1 Å². The van der Waals surface area contributed by atoms with Crippen LogP contribution in [0.4, 0.5) is 10.2 Å². The molecule has 6 nitrogen and oxygen atoms in total. The van der Waals surface area contributed by atoms with Crippen molar-refractivity contribution >= 4 is 17.2 Å². The van der Waals surface area contributed by atoms with Gasteiger partial charge in [0, 0.05) is 19.2 Å². The first-order valence-electron chi connectivity index (χ1n) is 9.19. The first kappa shape index (κ1) is 17.5. The first-order chi connectivity index (χ1) is 13.0. The summed E-state index contributed by atoms with van der Waals surface area (Å²) in [6, 6.07) is 7.65. The molecule has 4 rings (SSSR count). The van der Waals surface area contributed by atoms with Crippen LogP contribution in [0.3, 0.4) is 0 Å². The number of benzene rings is 1. The second-order valence-corrected chi connectivity index (χ2v) is 7.01. The SMILES string of the molecule is Cc1cn2nc(C(=O)NC(C)c3ccc(F)cc3)cc2c(N2CCCC2)n1. The molecule has 0 bridgehead atoms. The summed E-state index contributed by atoms with van der Waals surface area (Å²) >= 11 is 0. The van der Waals surface area contributed by atoms with Gasteiger partial charge < -0.3 is 10.2 Å². The molecular formula is C20H22FN5O. The molecule has 2 aromatic heterocycles. The number of aromatic nitrogens is 3. The summed E-state index contributed by atoms with van der Waals surface area (Å²) in [7, 11) is 0. The Bertz CT molecular complexity index is 976. The molecule has 0 radical (unpaired) electrons. The molecule has 1 saturated heterocycles. The highest BCUT2D eigenvalue weighted by Gasteiger charge is 2.21. The van der Waals surface area contributed by atoms with Gasteiger partial charge in [-0.3, -0.25) is 4.79 Å². The van der Waals surface area contributed by atoms with Crippen LogP contribution in [0.2, 0.25) is 0 Å². The number of hydrogen-bond acceptors (Lipinski definition) is 4. The predicted molar refractivity (Wildman–Crippen MR) is 101 cm³/mol. The minimum absolute atomic E-state index is 0.249. The molecule has 1 aliphatic heterocycles. The summed E-state index contributed by atoms with van der Waals surface area (Å²) in [6.45, 7) is 5.74. The number of fused-ring (bicyclic) bond motifs is 1. The van der Waals surface area contributed by atoms with E-state index in [1.54, 1.807) is 22.7 Å². The highest BCUT2D eigenvalue weighted by atomic mass is 19.1. The van der Waals surface area contributed by atoms with Crippen LogP contribution >= 0.6 is 0 Å². The topological polar surface area (TPSA) is 62.5 Å². The lowest BCUT2D eigenvalue weighted by Gasteiger charge is -2.17. The summed E-state index contributed by atoms with van der Waals surface area (Å²) in [4.78, 5) is 19.6. The minimum atomic E-state index is -0.296. The molecule has 27 heavy (non-hydrogen) atoms. The molecule has 1 fully saturated rings. The molecular weight excluding hydrogens is 345 g/mol. The zero-order valence-corrected chi connectivity index (χ0v) is 15.4. The Morgan fingerprint density at radius 1 is 1.22 bits per heavy atom. The van der Waals surface area contributed by atoms with Crippen molar-refractivity contribution in [2.24, 2.45) is 0 Å². The normalized spacial score (nSPS) is 15.3. The predicted octanol–water partition coefficient (Wildman–Crippen LogP) is 3.27. The Hall–Kier alpha value is -2.96. The average molecular weight is 367 g/mol. The number of carbonyl (C=O) groups excluding carboxylic acids is 1. The summed E-state index contributed by atoms with van der Waals surface area (Å²) in [5.74, 6) is 0.320. The standard InChI is InChI=1S/C20H22FN5O/c1-13-12-26-18(19(22-13)25-9-3-4-10-25)11-17(24-26)20(27)23-14(2)15-5-7-16(21)8-6-15/h5-8,11-12,14H,3-4,9-10H2,1-2H3,(H,23,27). The van der Waals surface area contributed by atoms with E-state index in [1.807, 2.05) is 20.0 Å². The molecule has 1 aromatic carbocycles. The molecule has 1 amide bonds. The van der Waals surface area contributed by atoms with E-state index >= 15 is 0 Å². The maximum absolute atomic E-state index is 13.1. The summed E-state index contributed by atoms with van der Waals surface area (Å²) < 4.78 is 14.8.